The predicted molar refractivity (Wildman–Crippen MR) is 137 cm³/mol. The summed E-state index contributed by atoms with van der Waals surface area (Å²) >= 11 is 1.41. The first-order valence-electron chi connectivity index (χ1n) is 11.1. The average Bonchev–Trinajstić information content (AvgIpc) is 3.38. The van der Waals surface area contributed by atoms with Gasteiger partial charge in [-0.1, -0.05) is 24.3 Å². The molecule has 0 radical (unpaired) electrons. The lowest BCUT2D eigenvalue weighted by molar-refractivity contribution is 0.0956. The summed E-state index contributed by atoms with van der Waals surface area (Å²) in [5, 5.41) is 5.33. The van der Waals surface area contributed by atoms with Gasteiger partial charge in [0.05, 0.1) is 32.1 Å². The van der Waals surface area contributed by atoms with Gasteiger partial charge >= 0.3 is 0 Å². The molecule has 1 heterocycles. The van der Waals surface area contributed by atoms with Gasteiger partial charge in [-0.15, -0.1) is 11.3 Å². The topological polar surface area (TPSA) is 63.7 Å². The number of hydrogen-bond donors (Lipinski definition) is 1. The van der Waals surface area contributed by atoms with E-state index in [1.54, 1.807) is 44.6 Å². The fourth-order valence-corrected chi connectivity index (χ4v) is 4.50. The van der Waals surface area contributed by atoms with Crippen molar-refractivity contribution in [2.24, 2.45) is 0 Å². The Hall–Kier alpha value is -3.91. The molecule has 0 saturated carbocycles. The zero-order valence-electron chi connectivity index (χ0n) is 19.7. The number of rotatable bonds is 9. The molecule has 3 aromatic carbocycles. The first-order chi connectivity index (χ1) is 17.0. The fraction of sp³-hybridized carbons (Fsp3) is 0.185. The summed E-state index contributed by atoms with van der Waals surface area (Å²) < 4.78 is 25.8. The minimum Gasteiger partial charge on any atom is -0.497 e. The Bertz CT molecular complexity index is 1310. The average molecular weight is 492 g/mol. The largest absolute Gasteiger partial charge is 0.497 e. The molecule has 0 fully saturated rings. The maximum absolute atomic E-state index is 14.9. The minimum absolute atomic E-state index is 0.123. The number of halogens is 1. The van der Waals surface area contributed by atoms with Crippen molar-refractivity contribution in [3.8, 4) is 22.8 Å². The molecule has 0 aliphatic carbocycles. The number of anilines is 2. The van der Waals surface area contributed by atoms with Crippen molar-refractivity contribution in [2.75, 3.05) is 25.7 Å². The Morgan fingerprint density at radius 1 is 1.06 bits per heavy atom. The van der Waals surface area contributed by atoms with Crippen LogP contribution in [0.5, 0.6) is 11.5 Å². The van der Waals surface area contributed by atoms with Crippen molar-refractivity contribution >= 4 is 28.1 Å². The third-order valence-electron chi connectivity index (χ3n) is 5.44. The maximum atomic E-state index is 14.9. The van der Waals surface area contributed by atoms with Gasteiger partial charge in [-0.3, -0.25) is 4.79 Å². The minimum atomic E-state index is -0.345. The Morgan fingerprint density at radius 3 is 2.51 bits per heavy atom. The molecule has 1 N–H and O–H groups in total. The first-order valence-corrected chi connectivity index (χ1v) is 12.0. The number of carbonyl (C=O) groups excluding carboxylic acids is 1. The monoisotopic (exact) mass is 491 g/mol. The van der Waals surface area contributed by atoms with Crippen molar-refractivity contribution < 1.29 is 18.7 Å². The van der Waals surface area contributed by atoms with E-state index in [0.29, 0.717) is 46.7 Å². The highest BCUT2D eigenvalue weighted by molar-refractivity contribution is 7.14. The summed E-state index contributed by atoms with van der Waals surface area (Å²) in [5.41, 5.74) is 3.40. The zero-order valence-corrected chi connectivity index (χ0v) is 20.6. The van der Waals surface area contributed by atoms with Crippen LogP contribution in [0.2, 0.25) is 0 Å². The molecule has 0 aliphatic heterocycles. The molecule has 4 aromatic rings. The van der Waals surface area contributed by atoms with Gasteiger partial charge in [-0.25, -0.2) is 9.37 Å². The lowest BCUT2D eigenvalue weighted by Gasteiger charge is -2.23. The molecule has 0 spiro atoms. The molecule has 0 atom stereocenters. The van der Waals surface area contributed by atoms with Crippen LogP contribution in [-0.4, -0.2) is 31.7 Å². The first kappa shape index (κ1) is 24.2. The third-order valence-corrected chi connectivity index (χ3v) is 6.31. The standard InChI is InChI=1S/C27H26FN3O3S/c1-4-29-26(32)19-11-9-18(10-12-19)16-31(24-8-6-5-7-22(24)28)27-30-23(17-35-27)21-15-20(33-2)13-14-25(21)34-3/h5-15,17H,4,16H2,1-3H3,(H,29,32). The second-order valence-corrected chi connectivity index (χ2v) is 8.51. The van der Waals surface area contributed by atoms with Crippen molar-refractivity contribution in [2.45, 2.75) is 13.5 Å². The molecule has 8 heteroatoms. The van der Waals surface area contributed by atoms with Gasteiger partial charge in [0.15, 0.2) is 5.13 Å². The Kier molecular flexibility index (Phi) is 7.62. The van der Waals surface area contributed by atoms with Crippen LogP contribution < -0.4 is 19.7 Å². The van der Waals surface area contributed by atoms with E-state index in [-0.39, 0.29) is 11.7 Å². The Morgan fingerprint density at radius 2 is 1.83 bits per heavy atom. The SMILES string of the molecule is CCNC(=O)c1ccc(CN(c2nc(-c3cc(OC)ccc3OC)cs2)c2ccccc2F)cc1. The molecule has 0 saturated heterocycles. The Labute approximate surface area is 208 Å². The highest BCUT2D eigenvalue weighted by Crippen LogP contribution is 2.38. The summed E-state index contributed by atoms with van der Waals surface area (Å²) in [6.07, 6.45) is 0. The van der Waals surface area contributed by atoms with Crippen molar-refractivity contribution in [1.82, 2.24) is 10.3 Å². The van der Waals surface area contributed by atoms with E-state index < -0.39 is 0 Å². The van der Waals surface area contributed by atoms with Gasteiger partial charge in [0.1, 0.15) is 17.3 Å². The van der Waals surface area contributed by atoms with Crippen LogP contribution in [0, 0.1) is 5.82 Å². The van der Waals surface area contributed by atoms with E-state index in [9.17, 15) is 9.18 Å². The van der Waals surface area contributed by atoms with Crippen LogP contribution in [0.1, 0.15) is 22.8 Å². The predicted octanol–water partition coefficient (Wildman–Crippen LogP) is 6.05. The van der Waals surface area contributed by atoms with E-state index in [0.717, 1.165) is 11.1 Å². The summed E-state index contributed by atoms with van der Waals surface area (Å²) in [6, 6.07) is 19.4. The van der Waals surface area contributed by atoms with Gasteiger partial charge in [0, 0.05) is 23.1 Å². The fourth-order valence-electron chi connectivity index (χ4n) is 3.66. The molecular weight excluding hydrogens is 465 g/mol. The van der Waals surface area contributed by atoms with Gasteiger partial charge in [0.2, 0.25) is 0 Å². The summed E-state index contributed by atoms with van der Waals surface area (Å²) in [6.45, 7) is 2.81. The number of aromatic nitrogens is 1. The Balaban J connectivity index is 1.70. The summed E-state index contributed by atoms with van der Waals surface area (Å²) in [7, 11) is 3.21. The number of para-hydroxylation sites is 1. The highest BCUT2D eigenvalue weighted by Gasteiger charge is 2.20. The van der Waals surface area contributed by atoms with Crippen molar-refractivity contribution in [1.29, 1.82) is 0 Å². The van der Waals surface area contributed by atoms with Gasteiger partial charge in [0.25, 0.3) is 5.91 Å². The zero-order chi connectivity index (χ0) is 24.8. The lowest BCUT2D eigenvalue weighted by Crippen LogP contribution is -2.22. The van der Waals surface area contributed by atoms with Gasteiger partial charge in [-0.05, 0) is 55.0 Å². The number of carbonyl (C=O) groups is 1. The molecule has 6 nitrogen and oxygen atoms in total. The van der Waals surface area contributed by atoms with Crippen molar-refractivity contribution in [3.05, 3.63) is 89.1 Å². The number of nitrogens with zero attached hydrogens (tertiary/aromatic N) is 2. The molecule has 35 heavy (non-hydrogen) atoms. The maximum Gasteiger partial charge on any atom is 0.251 e. The van der Waals surface area contributed by atoms with E-state index in [4.69, 9.17) is 14.5 Å². The van der Waals surface area contributed by atoms with Gasteiger partial charge < -0.3 is 19.7 Å². The molecule has 0 bridgehead atoms. The number of amides is 1. The van der Waals surface area contributed by atoms with Crippen LogP contribution >= 0.6 is 11.3 Å². The van der Waals surface area contributed by atoms with Crippen LogP contribution in [0.25, 0.3) is 11.3 Å². The number of nitrogens with one attached hydrogen (secondary N) is 1. The third kappa shape index (κ3) is 5.44. The molecule has 180 valence electrons. The second kappa shape index (κ2) is 11.0. The quantitative estimate of drug-likeness (QED) is 0.309. The molecular formula is C27H26FN3O3S. The van der Waals surface area contributed by atoms with Crippen LogP contribution in [0.15, 0.2) is 72.1 Å². The molecule has 1 amide bonds. The van der Waals surface area contributed by atoms with E-state index in [1.165, 1.54) is 17.4 Å². The molecule has 1 aromatic heterocycles. The number of ether oxygens (including phenoxy) is 2. The molecule has 0 unspecified atom stereocenters. The van der Waals surface area contributed by atoms with Gasteiger partial charge in [-0.2, -0.15) is 0 Å². The highest BCUT2D eigenvalue weighted by atomic mass is 32.1. The second-order valence-electron chi connectivity index (χ2n) is 7.68. The summed E-state index contributed by atoms with van der Waals surface area (Å²) in [4.78, 5) is 18.8. The smallest absolute Gasteiger partial charge is 0.251 e. The van der Waals surface area contributed by atoms with E-state index in [1.807, 2.05) is 47.5 Å². The summed E-state index contributed by atoms with van der Waals surface area (Å²) in [5.74, 6) is 0.888. The number of methoxy groups -OCH3 is 2. The molecule has 0 aliphatic rings. The normalized spacial score (nSPS) is 10.6. The van der Waals surface area contributed by atoms with E-state index >= 15 is 0 Å². The van der Waals surface area contributed by atoms with Crippen molar-refractivity contribution in [3.63, 3.8) is 0 Å². The van der Waals surface area contributed by atoms with E-state index in [2.05, 4.69) is 5.32 Å². The van der Waals surface area contributed by atoms with Crippen LogP contribution in [-0.2, 0) is 6.54 Å². The lowest BCUT2D eigenvalue weighted by atomic mass is 10.1. The van der Waals surface area contributed by atoms with Crippen LogP contribution in [0.4, 0.5) is 15.2 Å². The number of benzene rings is 3. The molecule has 4 rings (SSSR count). The number of thiazole rings is 1. The number of hydrogen-bond acceptors (Lipinski definition) is 6. The van der Waals surface area contributed by atoms with Crippen LogP contribution in [0.3, 0.4) is 0 Å².